The van der Waals surface area contributed by atoms with E-state index in [1.807, 2.05) is 18.2 Å². The van der Waals surface area contributed by atoms with Crippen LogP contribution in [0.2, 0.25) is 0 Å². The number of benzene rings is 1. The largest absolute Gasteiger partial charge is 0.485 e. The first-order valence-electron chi connectivity index (χ1n) is 6.95. The van der Waals surface area contributed by atoms with Gasteiger partial charge in [-0.15, -0.1) is 0 Å². The molecule has 20 heavy (non-hydrogen) atoms. The summed E-state index contributed by atoms with van der Waals surface area (Å²) in [7, 11) is 2.08. The number of para-hydroxylation sites is 2. The van der Waals surface area contributed by atoms with Crippen LogP contribution in [-0.2, 0) is 9.53 Å². The van der Waals surface area contributed by atoms with Crippen molar-refractivity contribution in [2.24, 2.45) is 0 Å². The first-order chi connectivity index (χ1) is 9.58. The highest BCUT2D eigenvalue weighted by atomic mass is 16.6. The van der Waals surface area contributed by atoms with Crippen LogP contribution >= 0.6 is 0 Å². The lowest BCUT2D eigenvalue weighted by molar-refractivity contribution is -0.901. The van der Waals surface area contributed by atoms with E-state index in [1.165, 1.54) is 4.90 Å². The maximum Gasteiger partial charge on any atom is 0.351 e. The van der Waals surface area contributed by atoms with Crippen molar-refractivity contribution >= 4 is 5.97 Å². The molecule has 0 bridgehead atoms. The second-order valence-corrected chi connectivity index (χ2v) is 5.28. The number of rotatable bonds is 5. The third-order valence-electron chi connectivity index (χ3n) is 3.50. The Bertz CT molecular complexity index is 461. The zero-order valence-electron chi connectivity index (χ0n) is 12.2. The van der Waals surface area contributed by atoms with Gasteiger partial charge in [0.25, 0.3) is 0 Å². The van der Waals surface area contributed by atoms with Crippen molar-refractivity contribution in [1.29, 1.82) is 0 Å². The van der Waals surface area contributed by atoms with Gasteiger partial charge < -0.3 is 19.1 Å². The molecule has 1 heterocycles. The fourth-order valence-electron chi connectivity index (χ4n) is 1.83. The highest BCUT2D eigenvalue weighted by Crippen LogP contribution is 2.30. The molecule has 5 nitrogen and oxygen atoms in total. The average Bonchev–Trinajstić information content (AvgIpc) is 2.46. The number of hydrogen-bond donors (Lipinski definition) is 1. The molecule has 1 aliphatic rings. The maximum absolute atomic E-state index is 11.9. The van der Waals surface area contributed by atoms with Crippen LogP contribution < -0.4 is 14.4 Å². The third-order valence-corrected chi connectivity index (χ3v) is 3.50. The Labute approximate surface area is 119 Å². The second-order valence-electron chi connectivity index (χ2n) is 5.28. The highest BCUT2D eigenvalue weighted by Gasteiger charge is 2.28. The number of carbonyl (C=O) groups excluding carboxylic acids is 1. The Morgan fingerprint density at radius 2 is 2.10 bits per heavy atom. The van der Waals surface area contributed by atoms with Crippen LogP contribution in [0, 0.1) is 0 Å². The maximum atomic E-state index is 11.9. The van der Waals surface area contributed by atoms with Crippen molar-refractivity contribution in [2.45, 2.75) is 26.0 Å². The Hall–Kier alpha value is -1.75. The first kappa shape index (κ1) is 14.7. The van der Waals surface area contributed by atoms with Gasteiger partial charge in [0.15, 0.2) is 11.5 Å². The van der Waals surface area contributed by atoms with Gasteiger partial charge in [-0.3, -0.25) is 0 Å². The van der Waals surface area contributed by atoms with Crippen LogP contribution in [0.25, 0.3) is 0 Å². The van der Waals surface area contributed by atoms with E-state index in [2.05, 4.69) is 20.9 Å². The molecule has 0 aliphatic carbocycles. The van der Waals surface area contributed by atoms with Crippen LogP contribution in [0.3, 0.4) is 0 Å². The Kier molecular flexibility index (Phi) is 4.84. The van der Waals surface area contributed by atoms with E-state index in [0.717, 1.165) is 6.54 Å². The summed E-state index contributed by atoms with van der Waals surface area (Å²) in [6.45, 7) is 5.64. The minimum atomic E-state index is -0.677. The summed E-state index contributed by atoms with van der Waals surface area (Å²) in [5.41, 5.74) is 0. The van der Waals surface area contributed by atoms with Crippen LogP contribution in [0.4, 0.5) is 0 Å². The molecule has 0 aromatic heterocycles. The fourth-order valence-corrected chi connectivity index (χ4v) is 1.83. The number of esters is 1. The number of nitrogens with one attached hydrogen (secondary N) is 1. The number of ether oxygens (including phenoxy) is 3. The molecule has 1 N–H and O–H groups in total. The summed E-state index contributed by atoms with van der Waals surface area (Å²) >= 11 is 0. The zero-order valence-corrected chi connectivity index (χ0v) is 12.2. The molecule has 0 fully saturated rings. The number of quaternary nitrogens is 1. The van der Waals surface area contributed by atoms with E-state index in [-0.39, 0.29) is 12.6 Å². The summed E-state index contributed by atoms with van der Waals surface area (Å²) < 4.78 is 16.3. The van der Waals surface area contributed by atoms with Gasteiger partial charge in [0.05, 0.1) is 13.1 Å². The van der Waals surface area contributed by atoms with E-state index in [0.29, 0.717) is 24.1 Å². The lowest BCUT2D eigenvalue weighted by Gasteiger charge is -2.25. The quantitative estimate of drug-likeness (QED) is 0.788. The molecule has 0 amide bonds. The number of likely N-dealkylation sites (N-methyl/N-ethyl adjacent to an activating group) is 1. The summed E-state index contributed by atoms with van der Waals surface area (Å²) in [4.78, 5) is 13.2. The molecule has 0 saturated carbocycles. The predicted octanol–water partition coefficient (Wildman–Crippen LogP) is 0.293. The molecule has 0 radical (unpaired) electrons. The second kappa shape index (κ2) is 6.61. The molecular weight excluding hydrogens is 258 g/mol. The smallest absolute Gasteiger partial charge is 0.351 e. The standard InChI is InChI=1S/C15H21NO4/c1-11(2)16(3)8-9-18-15(17)14-10-19-12-6-4-5-7-13(12)20-14/h4-7,11,14H,8-10H2,1-3H3/p+1. The van der Waals surface area contributed by atoms with Crippen molar-refractivity contribution in [1.82, 2.24) is 0 Å². The van der Waals surface area contributed by atoms with E-state index < -0.39 is 6.10 Å². The van der Waals surface area contributed by atoms with Gasteiger partial charge in [0.1, 0.15) is 19.8 Å². The molecule has 1 aliphatic heterocycles. The van der Waals surface area contributed by atoms with Gasteiger partial charge in [-0.05, 0) is 26.0 Å². The van der Waals surface area contributed by atoms with Crippen LogP contribution in [0.5, 0.6) is 11.5 Å². The Morgan fingerprint density at radius 1 is 1.40 bits per heavy atom. The molecule has 110 valence electrons. The van der Waals surface area contributed by atoms with Crippen LogP contribution in [0.1, 0.15) is 13.8 Å². The summed E-state index contributed by atoms with van der Waals surface area (Å²) in [5, 5.41) is 0. The zero-order chi connectivity index (χ0) is 14.5. The third kappa shape index (κ3) is 3.63. The molecule has 2 rings (SSSR count). The molecule has 2 atom stereocenters. The summed E-state index contributed by atoms with van der Waals surface area (Å²) in [6, 6.07) is 7.82. The van der Waals surface area contributed by atoms with Crippen molar-refractivity contribution in [2.75, 3.05) is 26.8 Å². The lowest BCUT2D eigenvalue weighted by atomic mass is 10.2. The average molecular weight is 280 g/mol. The SMILES string of the molecule is CC(C)[NH+](C)CCOC(=O)C1COc2ccccc2O1. The molecule has 0 spiro atoms. The van der Waals surface area contributed by atoms with Gasteiger partial charge in [-0.2, -0.15) is 0 Å². The molecule has 2 unspecified atom stereocenters. The highest BCUT2D eigenvalue weighted by molar-refractivity contribution is 5.75. The molecule has 1 aromatic carbocycles. The van der Waals surface area contributed by atoms with Gasteiger partial charge in [0, 0.05) is 0 Å². The van der Waals surface area contributed by atoms with Gasteiger partial charge in [-0.1, -0.05) is 12.1 Å². The van der Waals surface area contributed by atoms with Gasteiger partial charge >= 0.3 is 5.97 Å². The molecule has 0 saturated heterocycles. The van der Waals surface area contributed by atoms with Crippen molar-refractivity contribution in [3.8, 4) is 11.5 Å². The van der Waals surface area contributed by atoms with Crippen molar-refractivity contribution < 1.29 is 23.9 Å². The number of fused-ring (bicyclic) bond motifs is 1. The summed E-state index contributed by atoms with van der Waals surface area (Å²) in [6.07, 6.45) is -0.677. The van der Waals surface area contributed by atoms with E-state index in [1.54, 1.807) is 6.07 Å². The predicted molar refractivity (Wildman–Crippen MR) is 74.2 cm³/mol. The Balaban J connectivity index is 1.80. The van der Waals surface area contributed by atoms with Crippen LogP contribution in [0.15, 0.2) is 24.3 Å². The van der Waals surface area contributed by atoms with Crippen molar-refractivity contribution in [3.05, 3.63) is 24.3 Å². The van der Waals surface area contributed by atoms with E-state index in [4.69, 9.17) is 14.2 Å². The Morgan fingerprint density at radius 3 is 2.80 bits per heavy atom. The van der Waals surface area contributed by atoms with E-state index in [9.17, 15) is 4.79 Å². The lowest BCUT2D eigenvalue weighted by Crippen LogP contribution is -3.12. The molecule has 5 heteroatoms. The molecule has 1 aromatic rings. The van der Waals surface area contributed by atoms with Gasteiger partial charge in [0.2, 0.25) is 6.10 Å². The topological polar surface area (TPSA) is 49.2 Å². The number of hydrogen-bond acceptors (Lipinski definition) is 4. The minimum absolute atomic E-state index is 0.197. The number of carbonyl (C=O) groups is 1. The molecular formula is C15H22NO4+. The fraction of sp³-hybridized carbons (Fsp3) is 0.533. The van der Waals surface area contributed by atoms with Crippen molar-refractivity contribution in [3.63, 3.8) is 0 Å². The normalized spacial score (nSPS) is 18.7. The minimum Gasteiger partial charge on any atom is -0.485 e. The van der Waals surface area contributed by atoms with Gasteiger partial charge in [-0.25, -0.2) is 4.79 Å². The monoisotopic (exact) mass is 280 g/mol. The summed E-state index contributed by atoms with van der Waals surface area (Å²) in [5.74, 6) is 0.891. The first-order valence-corrected chi connectivity index (χ1v) is 6.95. The van der Waals surface area contributed by atoms with Crippen LogP contribution in [-0.4, -0.2) is 44.9 Å². The van der Waals surface area contributed by atoms with E-state index >= 15 is 0 Å².